The van der Waals surface area contributed by atoms with E-state index < -0.39 is 0 Å². The van der Waals surface area contributed by atoms with Crippen LogP contribution in [0, 0.1) is 5.92 Å². The third-order valence-corrected chi connectivity index (χ3v) is 2.97. The first-order valence-corrected chi connectivity index (χ1v) is 5.41. The van der Waals surface area contributed by atoms with E-state index in [0.29, 0.717) is 11.5 Å². The average Bonchev–Trinajstić information content (AvgIpc) is 2.23. The highest BCUT2D eigenvalue weighted by Gasteiger charge is 2.26. The Morgan fingerprint density at radius 1 is 1.44 bits per heavy atom. The summed E-state index contributed by atoms with van der Waals surface area (Å²) in [6, 6.07) is 7.40. The minimum Gasteiger partial charge on any atom is -0.396 e. The first-order valence-electron chi connectivity index (χ1n) is 5.41. The molecule has 1 aromatic rings. The maximum absolute atomic E-state index is 11.2. The van der Waals surface area contributed by atoms with Gasteiger partial charge in [0.2, 0.25) is 5.91 Å². The van der Waals surface area contributed by atoms with Crippen molar-refractivity contribution in [3.8, 4) is 0 Å². The van der Waals surface area contributed by atoms with Crippen LogP contribution in [-0.2, 0) is 6.54 Å². The fraction of sp³-hybridized carbons (Fsp3) is 0.417. The fourth-order valence-electron chi connectivity index (χ4n) is 2.06. The summed E-state index contributed by atoms with van der Waals surface area (Å²) in [6.07, 6.45) is 0. The molecule has 1 fully saturated rings. The molecule has 1 aromatic carbocycles. The third kappa shape index (κ3) is 2.23. The zero-order valence-corrected chi connectivity index (χ0v) is 9.10. The molecule has 0 atom stereocenters. The largest absolute Gasteiger partial charge is 0.396 e. The summed E-state index contributed by atoms with van der Waals surface area (Å²) in [6.45, 7) is 2.76. The number of carbonyl (C=O) groups is 1. The lowest BCUT2D eigenvalue weighted by Gasteiger charge is -2.38. The number of nitrogens with two attached hydrogens (primary N) is 1. The number of hydrogen-bond acceptors (Lipinski definition) is 3. The smallest absolute Gasteiger partial charge is 0.249 e. The Morgan fingerprint density at radius 3 is 2.75 bits per heavy atom. The van der Waals surface area contributed by atoms with Gasteiger partial charge < -0.3 is 10.8 Å². The van der Waals surface area contributed by atoms with Gasteiger partial charge in [-0.2, -0.15) is 0 Å². The first-order chi connectivity index (χ1) is 7.70. The van der Waals surface area contributed by atoms with Crippen molar-refractivity contribution in [2.45, 2.75) is 6.54 Å². The molecule has 0 bridgehead atoms. The normalized spacial score (nSPS) is 17.1. The van der Waals surface area contributed by atoms with Gasteiger partial charge in [0.1, 0.15) is 0 Å². The van der Waals surface area contributed by atoms with Crippen LogP contribution in [0.4, 0.5) is 0 Å². The molecule has 4 heteroatoms. The maximum atomic E-state index is 11.2. The molecule has 1 aliphatic rings. The number of aliphatic hydroxyl groups is 1. The summed E-state index contributed by atoms with van der Waals surface area (Å²) >= 11 is 0. The average molecular weight is 220 g/mol. The van der Waals surface area contributed by atoms with Crippen LogP contribution in [0.2, 0.25) is 0 Å². The van der Waals surface area contributed by atoms with Gasteiger partial charge in [-0.3, -0.25) is 9.69 Å². The predicted octanol–water partition coefficient (Wildman–Crippen LogP) is 0.210. The van der Waals surface area contributed by atoms with Gasteiger partial charge in [-0.05, 0) is 11.6 Å². The van der Waals surface area contributed by atoms with Crippen LogP contribution in [0.15, 0.2) is 24.3 Å². The zero-order chi connectivity index (χ0) is 11.5. The number of nitrogens with zero attached hydrogens (tertiary/aromatic N) is 1. The van der Waals surface area contributed by atoms with Crippen LogP contribution in [0.5, 0.6) is 0 Å². The number of aliphatic hydroxyl groups excluding tert-OH is 1. The Balaban J connectivity index is 2.02. The Hall–Kier alpha value is -1.39. The Kier molecular flexibility index (Phi) is 3.22. The predicted molar refractivity (Wildman–Crippen MR) is 60.8 cm³/mol. The summed E-state index contributed by atoms with van der Waals surface area (Å²) in [5.74, 6) is 0.00979. The highest BCUT2D eigenvalue weighted by molar-refractivity contribution is 5.94. The summed E-state index contributed by atoms with van der Waals surface area (Å²) in [4.78, 5) is 13.4. The molecular formula is C12H16N2O2. The molecule has 0 unspecified atom stereocenters. The van der Waals surface area contributed by atoms with Crippen molar-refractivity contribution in [3.05, 3.63) is 35.4 Å². The van der Waals surface area contributed by atoms with Crippen LogP contribution < -0.4 is 5.73 Å². The maximum Gasteiger partial charge on any atom is 0.249 e. The van der Waals surface area contributed by atoms with E-state index in [1.54, 1.807) is 6.07 Å². The molecule has 0 aliphatic carbocycles. The summed E-state index contributed by atoms with van der Waals surface area (Å²) < 4.78 is 0. The number of likely N-dealkylation sites (tertiary alicyclic amines) is 1. The van der Waals surface area contributed by atoms with Crippen molar-refractivity contribution in [3.63, 3.8) is 0 Å². The number of primary amides is 1. The molecule has 0 aromatic heterocycles. The standard InChI is InChI=1S/C12H16N2O2/c13-12(16)11-4-2-1-3-10(11)7-14-5-9(6-14)8-15/h1-4,9,15H,5-8H2,(H2,13,16). The molecule has 1 heterocycles. The van der Waals surface area contributed by atoms with E-state index in [9.17, 15) is 4.79 Å². The quantitative estimate of drug-likeness (QED) is 0.762. The lowest BCUT2D eigenvalue weighted by molar-refractivity contribution is 0.0476. The van der Waals surface area contributed by atoms with Crippen molar-refractivity contribution in [2.75, 3.05) is 19.7 Å². The van der Waals surface area contributed by atoms with Gasteiger partial charge in [-0.25, -0.2) is 0 Å². The SMILES string of the molecule is NC(=O)c1ccccc1CN1CC(CO)C1. The van der Waals surface area contributed by atoms with Gasteiger partial charge in [0.25, 0.3) is 0 Å². The molecule has 16 heavy (non-hydrogen) atoms. The second kappa shape index (κ2) is 4.63. The van der Waals surface area contributed by atoms with E-state index in [1.165, 1.54) is 0 Å². The Bertz CT molecular complexity index is 386. The summed E-state index contributed by atoms with van der Waals surface area (Å²) in [5, 5.41) is 8.91. The van der Waals surface area contributed by atoms with Crippen molar-refractivity contribution in [2.24, 2.45) is 11.7 Å². The molecule has 1 aliphatic heterocycles. The van der Waals surface area contributed by atoms with Gasteiger partial charge in [0, 0.05) is 37.7 Å². The fourth-order valence-corrected chi connectivity index (χ4v) is 2.06. The number of amides is 1. The van der Waals surface area contributed by atoms with Gasteiger partial charge in [0.05, 0.1) is 0 Å². The minimum atomic E-state index is -0.380. The van der Waals surface area contributed by atoms with Crippen LogP contribution in [0.1, 0.15) is 15.9 Å². The van der Waals surface area contributed by atoms with Gasteiger partial charge in [-0.1, -0.05) is 18.2 Å². The molecule has 0 spiro atoms. The second-order valence-electron chi connectivity index (χ2n) is 4.26. The van der Waals surface area contributed by atoms with Crippen LogP contribution in [0.3, 0.4) is 0 Å². The van der Waals surface area contributed by atoms with Crippen molar-refractivity contribution < 1.29 is 9.90 Å². The number of rotatable bonds is 4. The lowest BCUT2D eigenvalue weighted by Crippen LogP contribution is -2.47. The van der Waals surface area contributed by atoms with Crippen molar-refractivity contribution >= 4 is 5.91 Å². The van der Waals surface area contributed by atoms with E-state index in [-0.39, 0.29) is 12.5 Å². The molecular weight excluding hydrogens is 204 g/mol. The van der Waals surface area contributed by atoms with Crippen LogP contribution in [-0.4, -0.2) is 35.6 Å². The van der Waals surface area contributed by atoms with Gasteiger partial charge in [0.15, 0.2) is 0 Å². The van der Waals surface area contributed by atoms with E-state index in [4.69, 9.17) is 10.8 Å². The van der Waals surface area contributed by atoms with Crippen LogP contribution in [0.25, 0.3) is 0 Å². The van der Waals surface area contributed by atoms with E-state index in [0.717, 1.165) is 25.2 Å². The number of carbonyl (C=O) groups excluding carboxylic acids is 1. The Labute approximate surface area is 94.7 Å². The molecule has 2 rings (SSSR count). The minimum absolute atomic E-state index is 0.244. The van der Waals surface area contributed by atoms with Crippen LogP contribution >= 0.6 is 0 Å². The monoisotopic (exact) mass is 220 g/mol. The molecule has 0 radical (unpaired) electrons. The summed E-state index contributed by atoms with van der Waals surface area (Å²) in [5.41, 5.74) is 6.86. The zero-order valence-electron chi connectivity index (χ0n) is 9.10. The van der Waals surface area contributed by atoms with Gasteiger partial charge >= 0.3 is 0 Å². The van der Waals surface area contributed by atoms with E-state index in [1.807, 2.05) is 18.2 Å². The Morgan fingerprint density at radius 2 is 2.12 bits per heavy atom. The third-order valence-electron chi connectivity index (χ3n) is 2.97. The highest BCUT2D eigenvalue weighted by atomic mass is 16.3. The lowest BCUT2D eigenvalue weighted by atomic mass is 9.99. The molecule has 86 valence electrons. The number of hydrogen-bond donors (Lipinski definition) is 2. The topological polar surface area (TPSA) is 66.6 Å². The van der Waals surface area contributed by atoms with Gasteiger partial charge in [-0.15, -0.1) is 0 Å². The van der Waals surface area contributed by atoms with E-state index >= 15 is 0 Å². The van der Waals surface area contributed by atoms with E-state index in [2.05, 4.69) is 4.90 Å². The van der Waals surface area contributed by atoms with Crippen molar-refractivity contribution in [1.29, 1.82) is 0 Å². The number of benzene rings is 1. The molecule has 0 saturated carbocycles. The van der Waals surface area contributed by atoms with Crippen molar-refractivity contribution in [1.82, 2.24) is 4.90 Å². The highest BCUT2D eigenvalue weighted by Crippen LogP contribution is 2.19. The molecule has 1 amide bonds. The first kappa shape index (κ1) is 11.1. The molecule has 1 saturated heterocycles. The molecule has 4 nitrogen and oxygen atoms in total. The summed E-state index contributed by atoms with van der Waals surface area (Å²) in [7, 11) is 0. The second-order valence-corrected chi connectivity index (χ2v) is 4.26. The molecule has 3 N–H and O–H groups in total.